The smallest absolute Gasteiger partial charge is 0.262 e. The highest BCUT2D eigenvalue weighted by Crippen LogP contribution is 2.32. The van der Waals surface area contributed by atoms with E-state index in [4.69, 9.17) is 24.2 Å². The molecule has 1 N–H and O–H groups in total. The first kappa shape index (κ1) is 23.2. The van der Waals surface area contributed by atoms with Gasteiger partial charge in [-0.2, -0.15) is 10.5 Å². The van der Waals surface area contributed by atoms with Crippen molar-refractivity contribution in [2.24, 2.45) is 0 Å². The van der Waals surface area contributed by atoms with Gasteiger partial charge in [-0.25, -0.2) is 0 Å². The fourth-order valence-electron chi connectivity index (χ4n) is 3.37. The summed E-state index contributed by atoms with van der Waals surface area (Å²) in [7, 11) is 1.51. The molecule has 1 aliphatic heterocycles. The minimum atomic E-state index is -0.495. The lowest BCUT2D eigenvalue weighted by Gasteiger charge is -2.12. The van der Waals surface area contributed by atoms with E-state index in [9.17, 15) is 10.1 Å². The molecule has 0 bridgehead atoms. The molecule has 0 aromatic heterocycles. The Hall–Kier alpha value is -4.95. The largest absolute Gasteiger partial charge is 0.493 e. The minimum Gasteiger partial charge on any atom is -0.493 e. The van der Waals surface area contributed by atoms with Crippen molar-refractivity contribution in [3.63, 3.8) is 0 Å². The van der Waals surface area contributed by atoms with E-state index in [0.29, 0.717) is 40.7 Å². The molecule has 8 heteroatoms. The number of nitrogens with zero attached hydrogens (tertiary/aromatic N) is 2. The van der Waals surface area contributed by atoms with Crippen LogP contribution in [0.25, 0.3) is 6.08 Å². The first-order valence-corrected chi connectivity index (χ1v) is 10.7. The summed E-state index contributed by atoms with van der Waals surface area (Å²) in [6.45, 7) is 0.706. The Bertz CT molecular complexity index is 1350. The highest BCUT2D eigenvalue weighted by molar-refractivity contribution is 6.01. The Morgan fingerprint density at radius 3 is 2.51 bits per heavy atom. The number of nitrogens with one attached hydrogen (secondary N) is 1. The zero-order chi connectivity index (χ0) is 24.6. The fourth-order valence-corrected chi connectivity index (χ4v) is 3.37. The number of benzene rings is 3. The van der Waals surface area contributed by atoms with Gasteiger partial charge in [0.1, 0.15) is 18.2 Å². The topological polar surface area (TPSA) is 114 Å². The number of amides is 1. The lowest BCUT2D eigenvalue weighted by Crippen LogP contribution is -2.23. The van der Waals surface area contributed by atoms with Gasteiger partial charge in [0.15, 0.2) is 23.0 Å². The van der Waals surface area contributed by atoms with E-state index < -0.39 is 5.91 Å². The van der Waals surface area contributed by atoms with Gasteiger partial charge in [0.2, 0.25) is 6.79 Å². The Morgan fingerprint density at radius 1 is 1.00 bits per heavy atom. The summed E-state index contributed by atoms with van der Waals surface area (Å²) in [6, 6.07) is 21.7. The van der Waals surface area contributed by atoms with Crippen LogP contribution in [-0.2, 0) is 17.9 Å². The van der Waals surface area contributed by atoms with Crippen LogP contribution in [0.15, 0.2) is 66.2 Å². The van der Waals surface area contributed by atoms with Crippen LogP contribution < -0.4 is 24.3 Å². The molecule has 0 fully saturated rings. The van der Waals surface area contributed by atoms with Crippen LogP contribution in [-0.4, -0.2) is 19.8 Å². The second-order valence-electron chi connectivity index (χ2n) is 7.55. The zero-order valence-electron chi connectivity index (χ0n) is 18.9. The van der Waals surface area contributed by atoms with Gasteiger partial charge in [-0.05, 0) is 59.2 Å². The van der Waals surface area contributed by atoms with Gasteiger partial charge in [-0.3, -0.25) is 4.79 Å². The van der Waals surface area contributed by atoms with Crippen molar-refractivity contribution < 1.29 is 23.7 Å². The number of ether oxygens (including phenoxy) is 4. The maximum atomic E-state index is 12.6. The molecule has 0 spiro atoms. The third-order valence-electron chi connectivity index (χ3n) is 5.23. The van der Waals surface area contributed by atoms with E-state index in [2.05, 4.69) is 11.4 Å². The van der Waals surface area contributed by atoms with Crippen molar-refractivity contribution in [3.05, 3.63) is 88.5 Å². The number of carbonyl (C=O) groups is 1. The quantitative estimate of drug-likeness (QED) is 0.392. The lowest BCUT2D eigenvalue weighted by atomic mass is 10.1. The number of fused-ring (bicyclic) bond motifs is 1. The van der Waals surface area contributed by atoms with Crippen LogP contribution in [0.1, 0.15) is 22.3 Å². The number of rotatable bonds is 8. The van der Waals surface area contributed by atoms with Gasteiger partial charge in [0.25, 0.3) is 5.91 Å². The molecule has 0 atom stereocenters. The third kappa shape index (κ3) is 5.70. The molecule has 0 saturated heterocycles. The van der Waals surface area contributed by atoms with Crippen molar-refractivity contribution >= 4 is 12.0 Å². The predicted molar refractivity (Wildman–Crippen MR) is 126 cm³/mol. The third-order valence-corrected chi connectivity index (χ3v) is 5.23. The van der Waals surface area contributed by atoms with Gasteiger partial charge < -0.3 is 24.3 Å². The molecule has 1 heterocycles. The minimum absolute atomic E-state index is 0.0425. The van der Waals surface area contributed by atoms with Crippen LogP contribution in [0.3, 0.4) is 0 Å². The average Bonchev–Trinajstić information content (AvgIpc) is 3.37. The molecule has 8 nitrogen and oxygen atoms in total. The number of hydrogen-bond acceptors (Lipinski definition) is 7. The summed E-state index contributed by atoms with van der Waals surface area (Å²) in [5, 5.41) is 21.2. The van der Waals surface area contributed by atoms with E-state index >= 15 is 0 Å². The second kappa shape index (κ2) is 10.8. The molecular formula is C27H21N3O5. The molecule has 1 amide bonds. The zero-order valence-corrected chi connectivity index (χ0v) is 18.9. The summed E-state index contributed by atoms with van der Waals surface area (Å²) in [5.74, 6) is 1.77. The first-order chi connectivity index (χ1) is 17.1. The molecule has 3 aromatic rings. The number of hydrogen-bond donors (Lipinski definition) is 1. The van der Waals surface area contributed by atoms with Gasteiger partial charge in [0.05, 0.1) is 18.7 Å². The molecule has 35 heavy (non-hydrogen) atoms. The van der Waals surface area contributed by atoms with Crippen LogP contribution in [0.2, 0.25) is 0 Å². The van der Waals surface area contributed by atoms with Crippen LogP contribution in [0, 0.1) is 22.7 Å². The van der Waals surface area contributed by atoms with E-state index in [1.54, 1.807) is 42.5 Å². The monoisotopic (exact) mass is 467 g/mol. The van der Waals surface area contributed by atoms with E-state index in [1.165, 1.54) is 13.2 Å². The Balaban J connectivity index is 1.41. The van der Waals surface area contributed by atoms with E-state index in [0.717, 1.165) is 11.1 Å². The lowest BCUT2D eigenvalue weighted by molar-refractivity contribution is -0.117. The summed E-state index contributed by atoms with van der Waals surface area (Å²) in [4.78, 5) is 12.6. The SMILES string of the molecule is COc1cc(/C=C(\C#N)C(=O)NCc2ccc3c(c2)OCO3)ccc1OCc1ccc(C#N)cc1. The van der Waals surface area contributed by atoms with Crippen LogP contribution in [0.5, 0.6) is 23.0 Å². The van der Waals surface area contributed by atoms with Crippen molar-refractivity contribution in [2.75, 3.05) is 13.9 Å². The molecule has 3 aromatic carbocycles. The molecule has 0 saturated carbocycles. The Kier molecular flexibility index (Phi) is 7.15. The summed E-state index contributed by atoms with van der Waals surface area (Å²) in [6.07, 6.45) is 1.49. The molecule has 1 aliphatic rings. The van der Waals surface area contributed by atoms with Gasteiger partial charge in [-0.15, -0.1) is 0 Å². The van der Waals surface area contributed by atoms with Gasteiger partial charge in [-0.1, -0.05) is 24.3 Å². The molecular weight excluding hydrogens is 446 g/mol. The molecule has 0 unspecified atom stereocenters. The fraction of sp³-hybridized carbons (Fsp3) is 0.148. The van der Waals surface area contributed by atoms with Crippen LogP contribution >= 0.6 is 0 Å². The van der Waals surface area contributed by atoms with E-state index in [-0.39, 0.29) is 18.9 Å². The number of nitriles is 2. The normalized spacial score (nSPS) is 11.8. The molecule has 4 rings (SSSR count). The standard InChI is InChI=1S/C27H21N3O5/c1-32-25-11-20(6-8-23(25)33-16-19-4-2-18(13-28)3-5-19)10-22(14-29)27(31)30-15-21-7-9-24-26(12-21)35-17-34-24/h2-12H,15-17H2,1H3,(H,30,31)/b22-10+. The van der Waals surface area contributed by atoms with Gasteiger partial charge in [0, 0.05) is 6.54 Å². The Morgan fingerprint density at radius 2 is 1.77 bits per heavy atom. The van der Waals surface area contributed by atoms with Crippen molar-refractivity contribution in [1.29, 1.82) is 10.5 Å². The second-order valence-corrected chi connectivity index (χ2v) is 7.55. The maximum absolute atomic E-state index is 12.6. The highest BCUT2D eigenvalue weighted by Gasteiger charge is 2.15. The first-order valence-electron chi connectivity index (χ1n) is 10.7. The summed E-state index contributed by atoms with van der Waals surface area (Å²) in [5.41, 5.74) is 2.88. The molecule has 0 aliphatic carbocycles. The van der Waals surface area contributed by atoms with Crippen molar-refractivity contribution in [3.8, 4) is 35.1 Å². The van der Waals surface area contributed by atoms with E-state index in [1.807, 2.05) is 24.3 Å². The predicted octanol–water partition coefficient (Wildman–Crippen LogP) is 4.10. The highest BCUT2D eigenvalue weighted by atomic mass is 16.7. The number of carbonyl (C=O) groups excluding carboxylic acids is 1. The van der Waals surface area contributed by atoms with Gasteiger partial charge >= 0.3 is 0 Å². The Labute approximate surface area is 202 Å². The average molecular weight is 467 g/mol. The van der Waals surface area contributed by atoms with Crippen molar-refractivity contribution in [2.45, 2.75) is 13.2 Å². The summed E-state index contributed by atoms with van der Waals surface area (Å²) < 4.78 is 21.9. The summed E-state index contributed by atoms with van der Waals surface area (Å²) >= 11 is 0. The maximum Gasteiger partial charge on any atom is 0.262 e. The van der Waals surface area contributed by atoms with Crippen molar-refractivity contribution in [1.82, 2.24) is 5.32 Å². The number of methoxy groups -OCH3 is 1. The van der Waals surface area contributed by atoms with Crippen LogP contribution in [0.4, 0.5) is 0 Å². The molecule has 174 valence electrons. The molecule has 0 radical (unpaired) electrons.